The maximum absolute atomic E-state index is 12.9. The van der Waals surface area contributed by atoms with Gasteiger partial charge in [0.15, 0.2) is 0 Å². The van der Waals surface area contributed by atoms with Crippen molar-refractivity contribution in [3.8, 4) is 22.8 Å². The lowest BCUT2D eigenvalue weighted by atomic mass is 10.1. The molecule has 0 spiro atoms. The summed E-state index contributed by atoms with van der Waals surface area (Å²) in [6.45, 7) is 1.92. The Kier molecular flexibility index (Phi) is 5.63. The number of benzene rings is 2. The van der Waals surface area contributed by atoms with Crippen LogP contribution >= 0.6 is 11.3 Å². The molecule has 144 valence electrons. The van der Waals surface area contributed by atoms with Crippen LogP contribution in [0.15, 0.2) is 84.5 Å². The van der Waals surface area contributed by atoms with E-state index in [1.165, 1.54) is 11.3 Å². The Balaban J connectivity index is 1.49. The van der Waals surface area contributed by atoms with Crippen molar-refractivity contribution >= 4 is 17.2 Å². The molecule has 1 N–H and O–H groups in total. The molecule has 2 aromatic heterocycles. The maximum atomic E-state index is 12.9. The van der Waals surface area contributed by atoms with Gasteiger partial charge < -0.3 is 10.1 Å². The molecule has 2 aromatic carbocycles. The number of para-hydroxylation sites is 2. The molecule has 4 rings (SSSR count). The first-order chi connectivity index (χ1) is 14.2. The molecule has 1 atom stereocenters. The van der Waals surface area contributed by atoms with Crippen molar-refractivity contribution in [3.63, 3.8) is 0 Å². The summed E-state index contributed by atoms with van der Waals surface area (Å²) >= 11 is 1.52. The van der Waals surface area contributed by atoms with Gasteiger partial charge in [-0.25, -0.2) is 4.98 Å². The van der Waals surface area contributed by atoms with Gasteiger partial charge in [0, 0.05) is 23.3 Å². The SMILES string of the molecule is CC(NC(=O)c1ccccc1Oc1ccccc1)c1nc(-c2ccncc2)cs1. The fourth-order valence-corrected chi connectivity index (χ4v) is 3.67. The number of ether oxygens (including phenoxy) is 1. The van der Waals surface area contributed by atoms with E-state index in [1.807, 2.05) is 66.9 Å². The van der Waals surface area contributed by atoms with Crippen LogP contribution in [0.3, 0.4) is 0 Å². The lowest BCUT2D eigenvalue weighted by molar-refractivity contribution is 0.0937. The van der Waals surface area contributed by atoms with Gasteiger partial charge in [-0.2, -0.15) is 0 Å². The number of carbonyl (C=O) groups is 1. The molecule has 0 fully saturated rings. The second kappa shape index (κ2) is 8.67. The first kappa shape index (κ1) is 18.8. The highest BCUT2D eigenvalue weighted by molar-refractivity contribution is 7.10. The molecule has 0 saturated carbocycles. The maximum Gasteiger partial charge on any atom is 0.255 e. The lowest BCUT2D eigenvalue weighted by Crippen LogP contribution is -2.26. The Hall–Kier alpha value is -3.51. The summed E-state index contributed by atoms with van der Waals surface area (Å²) in [6.07, 6.45) is 3.48. The fourth-order valence-electron chi connectivity index (χ4n) is 2.84. The van der Waals surface area contributed by atoms with Crippen molar-refractivity contribution < 1.29 is 9.53 Å². The molecule has 0 aliphatic carbocycles. The third-order valence-corrected chi connectivity index (χ3v) is 5.35. The number of hydrogen-bond donors (Lipinski definition) is 1. The number of carbonyl (C=O) groups excluding carboxylic acids is 1. The van der Waals surface area contributed by atoms with Crippen LogP contribution in [0.1, 0.15) is 28.3 Å². The van der Waals surface area contributed by atoms with Gasteiger partial charge in [0.25, 0.3) is 5.91 Å². The normalized spacial score (nSPS) is 11.6. The van der Waals surface area contributed by atoms with Crippen molar-refractivity contribution in [2.45, 2.75) is 13.0 Å². The molecule has 1 amide bonds. The Morgan fingerprint density at radius 2 is 1.72 bits per heavy atom. The average Bonchev–Trinajstić information content (AvgIpc) is 3.26. The van der Waals surface area contributed by atoms with E-state index in [2.05, 4.69) is 15.3 Å². The molecule has 6 heteroatoms. The quantitative estimate of drug-likeness (QED) is 0.464. The minimum atomic E-state index is -0.229. The standard InChI is InChI=1S/C23H19N3O2S/c1-16(23-26-20(15-29-23)17-11-13-24-14-12-17)25-22(27)19-9-5-6-10-21(19)28-18-7-3-2-4-8-18/h2-16H,1H3,(H,25,27). The van der Waals surface area contributed by atoms with Crippen LogP contribution < -0.4 is 10.1 Å². The third-order valence-electron chi connectivity index (χ3n) is 4.32. The van der Waals surface area contributed by atoms with E-state index in [0.717, 1.165) is 16.3 Å². The van der Waals surface area contributed by atoms with Crippen LogP contribution in [0.4, 0.5) is 0 Å². The molecular weight excluding hydrogens is 382 g/mol. The van der Waals surface area contributed by atoms with E-state index in [-0.39, 0.29) is 11.9 Å². The summed E-state index contributed by atoms with van der Waals surface area (Å²) in [5.41, 5.74) is 2.36. The highest BCUT2D eigenvalue weighted by atomic mass is 32.1. The van der Waals surface area contributed by atoms with Crippen molar-refractivity contribution in [3.05, 3.63) is 95.1 Å². The molecule has 2 heterocycles. The number of nitrogens with zero attached hydrogens (tertiary/aromatic N) is 2. The van der Waals surface area contributed by atoms with Gasteiger partial charge in [-0.1, -0.05) is 30.3 Å². The zero-order valence-electron chi connectivity index (χ0n) is 15.8. The average molecular weight is 401 g/mol. The van der Waals surface area contributed by atoms with Crippen LogP contribution in [-0.4, -0.2) is 15.9 Å². The van der Waals surface area contributed by atoms with E-state index in [9.17, 15) is 4.79 Å². The monoisotopic (exact) mass is 401 g/mol. The number of thiazole rings is 1. The Bertz CT molecular complexity index is 1100. The smallest absolute Gasteiger partial charge is 0.255 e. The first-order valence-electron chi connectivity index (χ1n) is 9.19. The summed E-state index contributed by atoms with van der Waals surface area (Å²) in [5.74, 6) is 0.993. The summed E-state index contributed by atoms with van der Waals surface area (Å²) in [4.78, 5) is 21.6. The number of pyridine rings is 1. The molecule has 1 unspecified atom stereocenters. The van der Waals surface area contributed by atoms with E-state index < -0.39 is 0 Å². The molecule has 0 bridgehead atoms. The summed E-state index contributed by atoms with van der Waals surface area (Å²) in [5, 5.41) is 5.85. The molecule has 5 nitrogen and oxygen atoms in total. The van der Waals surface area contributed by atoms with Gasteiger partial charge in [0.2, 0.25) is 0 Å². The number of nitrogens with one attached hydrogen (secondary N) is 1. The molecule has 29 heavy (non-hydrogen) atoms. The van der Waals surface area contributed by atoms with Gasteiger partial charge in [-0.15, -0.1) is 11.3 Å². The van der Waals surface area contributed by atoms with Crippen LogP contribution in [0, 0.1) is 0 Å². The van der Waals surface area contributed by atoms with E-state index in [0.29, 0.717) is 17.1 Å². The number of aromatic nitrogens is 2. The zero-order valence-corrected chi connectivity index (χ0v) is 16.6. The van der Waals surface area contributed by atoms with Crippen molar-refractivity contribution in [2.24, 2.45) is 0 Å². The largest absolute Gasteiger partial charge is 0.457 e. The third kappa shape index (κ3) is 4.50. The predicted octanol–water partition coefficient (Wildman–Crippen LogP) is 5.49. The Labute approximate surface area is 173 Å². The highest BCUT2D eigenvalue weighted by Crippen LogP contribution is 2.27. The Morgan fingerprint density at radius 3 is 2.52 bits per heavy atom. The second-order valence-corrected chi connectivity index (χ2v) is 7.30. The van der Waals surface area contributed by atoms with Crippen LogP contribution in [-0.2, 0) is 0 Å². The highest BCUT2D eigenvalue weighted by Gasteiger charge is 2.18. The van der Waals surface area contributed by atoms with Crippen LogP contribution in [0.25, 0.3) is 11.3 Å². The fraction of sp³-hybridized carbons (Fsp3) is 0.0870. The summed E-state index contributed by atoms with van der Waals surface area (Å²) in [6, 6.07) is 20.2. The summed E-state index contributed by atoms with van der Waals surface area (Å²) in [7, 11) is 0. The van der Waals surface area contributed by atoms with Crippen LogP contribution in [0.2, 0.25) is 0 Å². The van der Waals surface area contributed by atoms with E-state index >= 15 is 0 Å². The van der Waals surface area contributed by atoms with Gasteiger partial charge in [0.1, 0.15) is 16.5 Å². The molecule has 0 aliphatic rings. The zero-order chi connectivity index (χ0) is 20.1. The minimum absolute atomic E-state index is 0.204. The van der Waals surface area contributed by atoms with Gasteiger partial charge in [-0.3, -0.25) is 9.78 Å². The molecule has 0 saturated heterocycles. The van der Waals surface area contributed by atoms with Crippen molar-refractivity contribution in [1.29, 1.82) is 0 Å². The minimum Gasteiger partial charge on any atom is -0.457 e. The van der Waals surface area contributed by atoms with E-state index in [4.69, 9.17) is 4.74 Å². The number of hydrogen-bond acceptors (Lipinski definition) is 5. The topological polar surface area (TPSA) is 64.1 Å². The number of rotatable bonds is 6. The molecule has 0 aliphatic heterocycles. The molecule has 0 radical (unpaired) electrons. The van der Waals surface area contributed by atoms with Gasteiger partial charge in [-0.05, 0) is 43.3 Å². The van der Waals surface area contributed by atoms with Crippen molar-refractivity contribution in [1.82, 2.24) is 15.3 Å². The second-order valence-electron chi connectivity index (χ2n) is 6.41. The first-order valence-corrected chi connectivity index (χ1v) is 10.1. The molecular formula is C23H19N3O2S. The van der Waals surface area contributed by atoms with Crippen molar-refractivity contribution in [2.75, 3.05) is 0 Å². The predicted molar refractivity (Wildman–Crippen MR) is 114 cm³/mol. The van der Waals surface area contributed by atoms with Crippen LogP contribution in [0.5, 0.6) is 11.5 Å². The van der Waals surface area contributed by atoms with Gasteiger partial charge in [0.05, 0.1) is 17.3 Å². The lowest BCUT2D eigenvalue weighted by Gasteiger charge is -2.14. The Morgan fingerprint density at radius 1 is 1.00 bits per heavy atom. The van der Waals surface area contributed by atoms with E-state index in [1.54, 1.807) is 24.5 Å². The molecule has 4 aromatic rings. The summed E-state index contributed by atoms with van der Waals surface area (Å²) < 4.78 is 5.90. The van der Waals surface area contributed by atoms with Gasteiger partial charge >= 0.3 is 0 Å². The number of amides is 1.